The van der Waals surface area contributed by atoms with Gasteiger partial charge in [-0.15, -0.1) is 0 Å². The van der Waals surface area contributed by atoms with E-state index in [4.69, 9.17) is 9.47 Å². The number of nitrogens with zero attached hydrogens (tertiary/aromatic N) is 1. The molecule has 102 valence electrons. The minimum absolute atomic E-state index is 0.533. The highest BCUT2D eigenvalue weighted by atomic mass is 16.5. The van der Waals surface area contributed by atoms with Crippen molar-refractivity contribution >= 4 is 0 Å². The SMILES string of the molecule is COc1ccc(OCCNCC(C)N(C)C)cc1. The largest absolute Gasteiger partial charge is 0.497 e. The van der Waals surface area contributed by atoms with Crippen LogP contribution in [0.4, 0.5) is 0 Å². The van der Waals surface area contributed by atoms with Gasteiger partial charge in [0.05, 0.1) is 7.11 Å². The Morgan fingerprint density at radius 1 is 1.17 bits per heavy atom. The summed E-state index contributed by atoms with van der Waals surface area (Å²) < 4.78 is 10.7. The molecule has 0 fully saturated rings. The maximum Gasteiger partial charge on any atom is 0.119 e. The molecular formula is C14H24N2O2. The van der Waals surface area contributed by atoms with Gasteiger partial charge in [-0.2, -0.15) is 0 Å². The second-order valence-corrected chi connectivity index (χ2v) is 4.54. The molecule has 1 atom stereocenters. The smallest absolute Gasteiger partial charge is 0.119 e. The van der Waals surface area contributed by atoms with Gasteiger partial charge in [-0.1, -0.05) is 0 Å². The van der Waals surface area contributed by atoms with Crippen molar-refractivity contribution in [2.24, 2.45) is 0 Å². The summed E-state index contributed by atoms with van der Waals surface area (Å²) >= 11 is 0. The molecule has 0 radical (unpaired) electrons. The van der Waals surface area contributed by atoms with Gasteiger partial charge in [-0.05, 0) is 45.3 Å². The Morgan fingerprint density at radius 2 is 1.78 bits per heavy atom. The first-order valence-corrected chi connectivity index (χ1v) is 6.27. The molecule has 0 aliphatic rings. The summed E-state index contributed by atoms with van der Waals surface area (Å²) in [7, 11) is 5.83. The highest BCUT2D eigenvalue weighted by molar-refractivity contribution is 5.31. The topological polar surface area (TPSA) is 33.7 Å². The van der Waals surface area contributed by atoms with Gasteiger partial charge in [0.2, 0.25) is 0 Å². The second kappa shape index (κ2) is 7.95. The molecule has 1 unspecified atom stereocenters. The van der Waals surface area contributed by atoms with E-state index < -0.39 is 0 Å². The van der Waals surface area contributed by atoms with Crippen LogP contribution in [-0.4, -0.2) is 51.8 Å². The van der Waals surface area contributed by atoms with Gasteiger partial charge in [0.25, 0.3) is 0 Å². The minimum atomic E-state index is 0.533. The Labute approximate surface area is 110 Å². The number of hydrogen-bond donors (Lipinski definition) is 1. The minimum Gasteiger partial charge on any atom is -0.497 e. The summed E-state index contributed by atoms with van der Waals surface area (Å²) in [6, 6.07) is 8.17. The van der Waals surface area contributed by atoms with Gasteiger partial charge >= 0.3 is 0 Å². The molecule has 1 N–H and O–H groups in total. The van der Waals surface area contributed by atoms with Crippen LogP contribution in [0.5, 0.6) is 11.5 Å². The lowest BCUT2D eigenvalue weighted by molar-refractivity contribution is 0.280. The van der Waals surface area contributed by atoms with Gasteiger partial charge in [0.1, 0.15) is 18.1 Å². The third-order valence-electron chi connectivity index (χ3n) is 2.93. The fraction of sp³-hybridized carbons (Fsp3) is 0.571. The van der Waals surface area contributed by atoms with E-state index in [1.807, 2.05) is 24.3 Å². The van der Waals surface area contributed by atoms with Crippen LogP contribution in [0, 0.1) is 0 Å². The van der Waals surface area contributed by atoms with Crippen molar-refractivity contribution in [1.29, 1.82) is 0 Å². The fourth-order valence-corrected chi connectivity index (χ4v) is 1.41. The van der Waals surface area contributed by atoms with E-state index >= 15 is 0 Å². The average molecular weight is 252 g/mol. The van der Waals surface area contributed by atoms with Crippen LogP contribution < -0.4 is 14.8 Å². The van der Waals surface area contributed by atoms with E-state index in [1.165, 1.54) is 0 Å². The van der Waals surface area contributed by atoms with Crippen LogP contribution in [0.1, 0.15) is 6.92 Å². The first-order chi connectivity index (χ1) is 8.63. The van der Waals surface area contributed by atoms with Crippen molar-refractivity contribution in [3.8, 4) is 11.5 Å². The number of methoxy groups -OCH3 is 1. The molecule has 1 rings (SSSR count). The first-order valence-electron chi connectivity index (χ1n) is 6.27. The van der Waals surface area contributed by atoms with Crippen LogP contribution in [0.25, 0.3) is 0 Å². The summed E-state index contributed by atoms with van der Waals surface area (Å²) in [4.78, 5) is 2.19. The Kier molecular flexibility index (Phi) is 6.54. The van der Waals surface area contributed by atoms with Crippen LogP contribution in [-0.2, 0) is 0 Å². The highest BCUT2D eigenvalue weighted by Crippen LogP contribution is 2.16. The predicted octanol–water partition coefficient (Wildman–Crippen LogP) is 1.61. The number of rotatable bonds is 8. The summed E-state index contributed by atoms with van der Waals surface area (Å²) in [6.07, 6.45) is 0. The molecular weight excluding hydrogens is 228 g/mol. The molecule has 0 amide bonds. The Balaban J connectivity index is 2.14. The van der Waals surface area contributed by atoms with Crippen molar-refractivity contribution in [3.05, 3.63) is 24.3 Å². The van der Waals surface area contributed by atoms with E-state index in [0.717, 1.165) is 24.6 Å². The average Bonchev–Trinajstić information content (AvgIpc) is 2.38. The number of nitrogens with one attached hydrogen (secondary N) is 1. The molecule has 0 saturated heterocycles. The van der Waals surface area contributed by atoms with Gasteiger partial charge in [-0.3, -0.25) is 0 Å². The lowest BCUT2D eigenvalue weighted by atomic mass is 10.3. The van der Waals surface area contributed by atoms with E-state index in [-0.39, 0.29) is 0 Å². The van der Waals surface area contributed by atoms with E-state index in [2.05, 4.69) is 31.2 Å². The van der Waals surface area contributed by atoms with Crippen molar-refractivity contribution in [2.45, 2.75) is 13.0 Å². The van der Waals surface area contributed by atoms with Crippen molar-refractivity contribution in [2.75, 3.05) is 40.9 Å². The van der Waals surface area contributed by atoms with Crippen molar-refractivity contribution < 1.29 is 9.47 Å². The molecule has 0 spiro atoms. The summed E-state index contributed by atoms with van der Waals surface area (Å²) in [5, 5.41) is 3.37. The van der Waals surface area contributed by atoms with Crippen LogP contribution in [0.3, 0.4) is 0 Å². The van der Waals surface area contributed by atoms with E-state index in [9.17, 15) is 0 Å². The van der Waals surface area contributed by atoms with Gasteiger partial charge in [-0.25, -0.2) is 0 Å². The molecule has 0 saturated carbocycles. The fourth-order valence-electron chi connectivity index (χ4n) is 1.41. The Bertz CT molecular complexity index is 325. The zero-order valence-corrected chi connectivity index (χ0v) is 11.8. The molecule has 4 heteroatoms. The summed E-state index contributed by atoms with van der Waals surface area (Å²) in [6.45, 7) is 4.69. The van der Waals surface area contributed by atoms with Crippen LogP contribution in [0.15, 0.2) is 24.3 Å². The quantitative estimate of drug-likeness (QED) is 0.713. The number of likely N-dealkylation sites (N-methyl/N-ethyl adjacent to an activating group) is 1. The molecule has 1 aromatic rings. The van der Waals surface area contributed by atoms with E-state index in [0.29, 0.717) is 12.6 Å². The molecule has 0 bridgehead atoms. The predicted molar refractivity (Wildman–Crippen MR) is 74.5 cm³/mol. The Hall–Kier alpha value is -1.26. The number of hydrogen-bond acceptors (Lipinski definition) is 4. The van der Waals surface area contributed by atoms with Crippen molar-refractivity contribution in [1.82, 2.24) is 10.2 Å². The molecule has 1 aromatic carbocycles. The third kappa shape index (κ3) is 5.38. The summed E-state index contributed by atoms with van der Waals surface area (Å²) in [5.41, 5.74) is 0. The lowest BCUT2D eigenvalue weighted by Crippen LogP contribution is -2.36. The zero-order valence-electron chi connectivity index (χ0n) is 11.8. The maximum atomic E-state index is 5.62. The van der Waals surface area contributed by atoms with Gasteiger partial charge in [0.15, 0.2) is 0 Å². The normalized spacial score (nSPS) is 12.5. The number of benzene rings is 1. The standard InChI is InChI=1S/C14H24N2O2/c1-12(16(2)3)11-15-9-10-18-14-7-5-13(17-4)6-8-14/h5-8,12,15H,9-11H2,1-4H3. The molecule has 0 aromatic heterocycles. The maximum absolute atomic E-state index is 5.62. The number of ether oxygens (including phenoxy) is 2. The van der Waals surface area contributed by atoms with Crippen molar-refractivity contribution in [3.63, 3.8) is 0 Å². The van der Waals surface area contributed by atoms with Gasteiger partial charge in [0, 0.05) is 19.1 Å². The van der Waals surface area contributed by atoms with E-state index in [1.54, 1.807) is 7.11 Å². The van der Waals surface area contributed by atoms with Crippen LogP contribution in [0.2, 0.25) is 0 Å². The highest BCUT2D eigenvalue weighted by Gasteiger charge is 2.02. The van der Waals surface area contributed by atoms with Crippen LogP contribution >= 0.6 is 0 Å². The lowest BCUT2D eigenvalue weighted by Gasteiger charge is -2.20. The zero-order chi connectivity index (χ0) is 13.4. The Morgan fingerprint density at radius 3 is 2.33 bits per heavy atom. The third-order valence-corrected chi connectivity index (χ3v) is 2.93. The molecule has 0 aliphatic carbocycles. The summed E-state index contributed by atoms with van der Waals surface area (Å²) in [5.74, 6) is 1.72. The second-order valence-electron chi connectivity index (χ2n) is 4.54. The molecule has 0 heterocycles. The van der Waals surface area contributed by atoms with Gasteiger partial charge < -0.3 is 19.7 Å². The molecule has 0 aliphatic heterocycles. The molecule has 4 nitrogen and oxygen atoms in total. The monoisotopic (exact) mass is 252 g/mol. The molecule has 18 heavy (non-hydrogen) atoms. The first kappa shape index (κ1) is 14.8.